The number of aryl methyl sites for hydroxylation is 1. The molecular weight excluding hydrogens is 167 g/mol. The summed E-state index contributed by atoms with van der Waals surface area (Å²) in [5, 5.41) is 0. The van der Waals surface area contributed by atoms with E-state index in [4.69, 9.17) is 4.74 Å². The molecule has 0 bridgehead atoms. The van der Waals surface area contributed by atoms with E-state index in [-0.39, 0.29) is 11.9 Å². The van der Waals surface area contributed by atoms with Gasteiger partial charge in [-0.2, -0.15) is 0 Å². The minimum Gasteiger partial charge on any atom is -0.491 e. The van der Waals surface area contributed by atoms with E-state index in [0.717, 1.165) is 0 Å². The van der Waals surface area contributed by atoms with Crippen molar-refractivity contribution in [2.75, 3.05) is 0 Å². The zero-order valence-corrected chi connectivity index (χ0v) is 8.52. The Morgan fingerprint density at radius 2 is 1.85 bits per heavy atom. The van der Waals surface area contributed by atoms with Gasteiger partial charge in [-0.3, -0.25) is 0 Å². The fraction of sp³-hybridized carbons (Fsp3) is 0.455. The van der Waals surface area contributed by atoms with Gasteiger partial charge in [-0.05, 0) is 39.3 Å². The van der Waals surface area contributed by atoms with Gasteiger partial charge in [0, 0.05) is 5.56 Å². The van der Waals surface area contributed by atoms with Crippen LogP contribution >= 0.6 is 0 Å². The van der Waals surface area contributed by atoms with Gasteiger partial charge in [0.2, 0.25) is 0 Å². The number of ether oxygens (including phenoxy) is 1. The highest BCUT2D eigenvalue weighted by Gasteiger charge is 2.08. The zero-order valence-electron chi connectivity index (χ0n) is 8.52. The van der Waals surface area contributed by atoms with Crippen LogP contribution in [0, 0.1) is 19.7 Å². The fourth-order valence-electron chi connectivity index (χ4n) is 1.18. The molecule has 0 amide bonds. The number of hydrogen-bond donors (Lipinski definition) is 0. The highest BCUT2D eigenvalue weighted by molar-refractivity contribution is 5.37. The fourth-order valence-corrected chi connectivity index (χ4v) is 1.18. The predicted molar refractivity (Wildman–Crippen MR) is 51.6 cm³/mol. The minimum atomic E-state index is -0.168. The van der Waals surface area contributed by atoms with Crippen LogP contribution in [0.4, 0.5) is 4.39 Å². The lowest BCUT2D eigenvalue weighted by molar-refractivity contribution is 0.239. The molecule has 1 rings (SSSR count). The summed E-state index contributed by atoms with van der Waals surface area (Å²) in [5.41, 5.74) is 1.25. The molecule has 0 atom stereocenters. The van der Waals surface area contributed by atoms with Crippen molar-refractivity contribution in [3.8, 4) is 5.75 Å². The van der Waals surface area contributed by atoms with Gasteiger partial charge >= 0.3 is 0 Å². The first kappa shape index (κ1) is 10.0. The molecule has 0 spiro atoms. The molecule has 2 heteroatoms. The minimum absolute atomic E-state index is 0.0841. The maximum absolute atomic E-state index is 13.4. The highest BCUT2D eigenvalue weighted by Crippen LogP contribution is 2.23. The molecule has 0 aliphatic rings. The Morgan fingerprint density at radius 3 is 2.38 bits per heavy atom. The van der Waals surface area contributed by atoms with E-state index in [9.17, 15) is 4.39 Å². The summed E-state index contributed by atoms with van der Waals surface area (Å²) in [6, 6.07) is 3.55. The second-order valence-corrected chi connectivity index (χ2v) is 3.49. The standard InChI is InChI=1S/C11H15FO/c1-7(2)13-10-6-5-8(3)11(12)9(10)4/h5-7H,1-4H3. The van der Waals surface area contributed by atoms with Crippen molar-refractivity contribution in [3.63, 3.8) is 0 Å². The van der Waals surface area contributed by atoms with Crippen LogP contribution in [0.1, 0.15) is 25.0 Å². The first-order chi connectivity index (χ1) is 6.02. The topological polar surface area (TPSA) is 9.23 Å². The maximum atomic E-state index is 13.4. The molecule has 0 radical (unpaired) electrons. The van der Waals surface area contributed by atoms with E-state index < -0.39 is 0 Å². The Morgan fingerprint density at radius 1 is 1.23 bits per heavy atom. The summed E-state index contributed by atoms with van der Waals surface area (Å²) in [7, 11) is 0. The molecule has 1 aromatic rings. The van der Waals surface area contributed by atoms with Gasteiger partial charge in [0.15, 0.2) is 0 Å². The highest BCUT2D eigenvalue weighted by atomic mass is 19.1. The van der Waals surface area contributed by atoms with Gasteiger partial charge < -0.3 is 4.74 Å². The number of benzene rings is 1. The van der Waals surface area contributed by atoms with Crippen LogP contribution in [-0.4, -0.2) is 6.10 Å². The van der Waals surface area contributed by atoms with Crippen LogP contribution in [0.25, 0.3) is 0 Å². The van der Waals surface area contributed by atoms with Gasteiger partial charge in [-0.25, -0.2) is 4.39 Å². The van der Waals surface area contributed by atoms with Crippen LogP contribution < -0.4 is 4.74 Å². The van der Waals surface area contributed by atoms with Gasteiger partial charge in [-0.15, -0.1) is 0 Å². The lowest BCUT2D eigenvalue weighted by Gasteiger charge is -2.13. The van der Waals surface area contributed by atoms with Crippen molar-refractivity contribution < 1.29 is 9.13 Å². The Balaban J connectivity index is 3.04. The average Bonchev–Trinajstić information content (AvgIpc) is 2.06. The van der Waals surface area contributed by atoms with Crippen molar-refractivity contribution in [1.29, 1.82) is 0 Å². The smallest absolute Gasteiger partial charge is 0.132 e. The molecule has 13 heavy (non-hydrogen) atoms. The van der Waals surface area contributed by atoms with E-state index in [1.807, 2.05) is 19.9 Å². The van der Waals surface area contributed by atoms with E-state index >= 15 is 0 Å². The molecule has 72 valence electrons. The summed E-state index contributed by atoms with van der Waals surface area (Å²) in [6.07, 6.45) is 0.0841. The van der Waals surface area contributed by atoms with Crippen molar-refractivity contribution >= 4 is 0 Å². The SMILES string of the molecule is Cc1ccc(OC(C)C)c(C)c1F. The van der Waals surface area contributed by atoms with Gasteiger partial charge in [0.1, 0.15) is 11.6 Å². The van der Waals surface area contributed by atoms with Crippen LogP contribution in [0.2, 0.25) is 0 Å². The third-order valence-electron chi connectivity index (χ3n) is 1.89. The molecule has 0 saturated heterocycles. The van der Waals surface area contributed by atoms with Crippen LogP contribution in [0.3, 0.4) is 0 Å². The lowest BCUT2D eigenvalue weighted by Crippen LogP contribution is -2.07. The number of hydrogen-bond acceptors (Lipinski definition) is 1. The van der Waals surface area contributed by atoms with E-state index in [1.165, 1.54) is 0 Å². The molecule has 1 aromatic carbocycles. The van der Waals surface area contributed by atoms with Gasteiger partial charge in [0.05, 0.1) is 6.10 Å². The summed E-state index contributed by atoms with van der Waals surface area (Å²) < 4.78 is 18.8. The molecule has 0 heterocycles. The quantitative estimate of drug-likeness (QED) is 0.682. The first-order valence-corrected chi connectivity index (χ1v) is 4.44. The zero-order chi connectivity index (χ0) is 10.0. The molecular formula is C11H15FO. The maximum Gasteiger partial charge on any atom is 0.132 e. The van der Waals surface area contributed by atoms with Crippen molar-refractivity contribution in [2.24, 2.45) is 0 Å². The molecule has 0 aromatic heterocycles. The summed E-state index contributed by atoms with van der Waals surface area (Å²) >= 11 is 0. The molecule has 0 aliphatic heterocycles. The van der Waals surface area contributed by atoms with Gasteiger partial charge in [-0.1, -0.05) is 6.07 Å². The van der Waals surface area contributed by atoms with Crippen molar-refractivity contribution in [1.82, 2.24) is 0 Å². The van der Waals surface area contributed by atoms with Crippen LogP contribution in [-0.2, 0) is 0 Å². The third-order valence-corrected chi connectivity index (χ3v) is 1.89. The summed E-state index contributed by atoms with van der Waals surface area (Å²) in [4.78, 5) is 0. The van der Waals surface area contributed by atoms with Gasteiger partial charge in [0.25, 0.3) is 0 Å². The molecule has 0 fully saturated rings. The average molecular weight is 182 g/mol. The molecule has 0 aliphatic carbocycles. The van der Waals surface area contributed by atoms with E-state index in [0.29, 0.717) is 16.9 Å². The molecule has 0 saturated carbocycles. The number of halogens is 1. The Kier molecular flexibility index (Phi) is 2.91. The normalized spacial score (nSPS) is 10.6. The monoisotopic (exact) mass is 182 g/mol. The second-order valence-electron chi connectivity index (χ2n) is 3.49. The summed E-state index contributed by atoms with van der Waals surface area (Å²) in [6.45, 7) is 7.34. The van der Waals surface area contributed by atoms with E-state index in [2.05, 4.69) is 0 Å². The number of rotatable bonds is 2. The van der Waals surface area contributed by atoms with Crippen molar-refractivity contribution in [3.05, 3.63) is 29.1 Å². The Labute approximate surface area is 78.5 Å². The Hall–Kier alpha value is -1.05. The van der Waals surface area contributed by atoms with Crippen molar-refractivity contribution in [2.45, 2.75) is 33.8 Å². The van der Waals surface area contributed by atoms with Crippen LogP contribution in [0.5, 0.6) is 5.75 Å². The molecule has 1 nitrogen and oxygen atoms in total. The lowest BCUT2D eigenvalue weighted by atomic mass is 10.1. The third kappa shape index (κ3) is 2.20. The summed E-state index contributed by atoms with van der Waals surface area (Å²) in [5.74, 6) is 0.469. The second kappa shape index (κ2) is 3.77. The molecule has 0 N–H and O–H groups in total. The van der Waals surface area contributed by atoms with Crippen LogP contribution in [0.15, 0.2) is 12.1 Å². The molecule has 0 unspecified atom stereocenters. The largest absolute Gasteiger partial charge is 0.491 e. The first-order valence-electron chi connectivity index (χ1n) is 4.44. The predicted octanol–water partition coefficient (Wildman–Crippen LogP) is 3.23. The Bertz CT molecular complexity index is 305. The van der Waals surface area contributed by atoms with E-state index in [1.54, 1.807) is 19.9 Å².